The molecule has 2 atom stereocenters. The fraction of sp³-hybridized carbons (Fsp3) is 0.263. The van der Waals surface area contributed by atoms with Crippen LogP contribution in [0.15, 0.2) is 53.5 Å². The number of rotatable bonds is 2. The predicted octanol–water partition coefficient (Wildman–Crippen LogP) is 2.78. The predicted molar refractivity (Wildman–Crippen MR) is 101 cm³/mol. The number of amides is 1. The molecule has 0 spiro atoms. The number of amidine groups is 1. The number of nitrogen functional groups attached to an aromatic ring is 1. The number of anilines is 1. The summed E-state index contributed by atoms with van der Waals surface area (Å²) in [5.41, 5.74) is 7.44. The van der Waals surface area contributed by atoms with Gasteiger partial charge in [0.1, 0.15) is 5.82 Å². The van der Waals surface area contributed by atoms with E-state index in [0.29, 0.717) is 41.7 Å². The standard InChI is InChI=1S/C19H18FN3O2S/c20-16-7-6-14(21)8-15(16)19-11-25-10-13(19)9-22-18(26-19)23-17(24)12-4-2-1-3-5-12/h1-8,13H,9-11,21H2,(H,22,23,24)/t13-,19-/m0/s1. The normalized spacial score (nSPS) is 24.7. The number of nitrogens with one attached hydrogen (secondary N) is 1. The van der Waals surface area contributed by atoms with Crippen LogP contribution < -0.4 is 11.1 Å². The van der Waals surface area contributed by atoms with E-state index in [2.05, 4.69) is 10.3 Å². The molecule has 0 saturated carbocycles. The van der Waals surface area contributed by atoms with Gasteiger partial charge < -0.3 is 15.8 Å². The van der Waals surface area contributed by atoms with Gasteiger partial charge in [0.2, 0.25) is 0 Å². The summed E-state index contributed by atoms with van der Waals surface area (Å²) in [7, 11) is 0. The number of carbonyl (C=O) groups is 1. The van der Waals surface area contributed by atoms with Crippen molar-refractivity contribution >= 4 is 28.5 Å². The van der Waals surface area contributed by atoms with Crippen LogP contribution >= 0.6 is 11.8 Å². The summed E-state index contributed by atoms with van der Waals surface area (Å²) in [6.07, 6.45) is 0. The van der Waals surface area contributed by atoms with Crippen LogP contribution in [0.25, 0.3) is 0 Å². The molecule has 5 nitrogen and oxygen atoms in total. The second kappa shape index (κ2) is 6.74. The highest BCUT2D eigenvalue weighted by atomic mass is 32.2. The Hall–Kier alpha value is -2.38. The summed E-state index contributed by atoms with van der Waals surface area (Å²) in [4.78, 5) is 16.9. The second-order valence-corrected chi connectivity index (χ2v) is 7.73. The van der Waals surface area contributed by atoms with E-state index >= 15 is 0 Å². The van der Waals surface area contributed by atoms with Crippen LogP contribution in [-0.2, 0) is 9.48 Å². The minimum absolute atomic E-state index is 0.0289. The highest BCUT2D eigenvalue weighted by Crippen LogP contribution is 2.51. The van der Waals surface area contributed by atoms with Gasteiger partial charge in [0.15, 0.2) is 5.17 Å². The molecule has 2 aromatic rings. The van der Waals surface area contributed by atoms with Crippen LogP contribution in [-0.4, -0.2) is 30.8 Å². The number of halogens is 1. The molecule has 0 aromatic heterocycles. The molecule has 4 rings (SSSR count). The van der Waals surface area contributed by atoms with E-state index in [1.807, 2.05) is 6.07 Å². The Morgan fingerprint density at radius 1 is 1.31 bits per heavy atom. The van der Waals surface area contributed by atoms with Crippen LogP contribution in [0.3, 0.4) is 0 Å². The van der Waals surface area contributed by atoms with Crippen molar-refractivity contribution in [2.75, 3.05) is 25.5 Å². The van der Waals surface area contributed by atoms with Crippen molar-refractivity contribution in [2.24, 2.45) is 10.9 Å². The van der Waals surface area contributed by atoms with Gasteiger partial charge in [0, 0.05) is 29.3 Å². The SMILES string of the molecule is Nc1ccc(F)c([C@]23COC[C@@H]2CN=C(NC(=O)c2ccccc2)S3)c1. The number of nitrogens with zero attached hydrogens (tertiary/aromatic N) is 1. The second-order valence-electron chi connectivity index (χ2n) is 6.41. The number of hydrogen-bond acceptors (Lipinski definition) is 5. The number of benzene rings is 2. The third kappa shape index (κ3) is 2.97. The number of hydrogen-bond donors (Lipinski definition) is 2. The Morgan fingerprint density at radius 2 is 2.12 bits per heavy atom. The number of carbonyl (C=O) groups excluding carboxylic acids is 1. The summed E-state index contributed by atoms with van der Waals surface area (Å²) in [6.45, 7) is 1.32. The van der Waals surface area contributed by atoms with Crippen molar-refractivity contribution < 1.29 is 13.9 Å². The van der Waals surface area contributed by atoms with Gasteiger partial charge in [-0.1, -0.05) is 30.0 Å². The first kappa shape index (κ1) is 17.1. The third-order valence-corrected chi connectivity index (χ3v) is 6.19. The quantitative estimate of drug-likeness (QED) is 0.796. The van der Waals surface area contributed by atoms with Crippen LogP contribution in [0.1, 0.15) is 15.9 Å². The van der Waals surface area contributed by atoms with E-state index in [0.717, 1.165) is 0 Å². The molecule has 2 aliphatic heterocycles. The summed E-state index contributed by atoms with van der Waals surface area (Å²) < 4.78 is 19.6. The van der Waals surface area contributed by atoms with Crippen molar-refractivity contribution in [3.05, 3.63) is 65.5 Å². The van der Waals surface area contributed by atoms with Crippen LogP contribution in [0.4, 0.5) is 10.1 Å². The molecule has 0 unspecified atom stereocenters. The maximum atomic E-state index is 14.6. The molecule has 2 aliphatic rings. The molecule has 0 bridgehead atoms. The largest absolute Gasteiger partial charge is 0.399 e. The number of thioether (sulfide) groups is 1. The Morgan fingerprint density at radius 3 is 2.92 bits per heavy atom. The van der Waals surface area contributed by atoms with Crippen LogP contribution in [0.2, 0.25) is 0 Å². The summed E-state index contributed by atoms with van der Waals surface area (Å²) in [5, 5.41) is 3.32. The number of ether oxygens (including phenoxy) is 1. The average molecular weight is 371 g/mol. The molecule has 0 aliphatic carbocycles. The lowest BCUT2D eigenvalue weighted by molar-refractivity contribution is 0.0977. The van der Waals surface area contributed by atoms with Gasteiger partial charge >= 0.3 is 0 Å². The van der Waals surface area contributed by atoms with Gasteiger partial charge in [-0.05, 0) is 30.3 Å². The molecule has 2 heterocycles. The fourth-order valence-corrected chi connectivity index (χ4v) is 4.71. The summed E-state index contributed by atoms with van der Waals surface area (Å²) >= 11 is 1.35. The fourth-order valence-electron chi connectivity index (χ4n) is 3.36. The lowest BCUT2D eigenvalue weighted by atomic mass is 9.87. The smallest absolute Gasteiger partial charge is 0.257 e. The van der Waals surface area contributed by atoms with E-state index in [4.69, 9.17) is 10.5 Å². The highest BCUT2D eigenvalue weighted by Gasteiger charge is 2.50. The minimum atomic E-state index is -0.638. The zero-order valence-corrected chi connectivity index (χ0v) is 14.8. The first-order chi connectivity index (χ1) is 12.6. The molecule has 1 amide bonds. The minimum Gasteiger partial charge on any atom is -0.399 e. The maximum Gasteiger partial charge on any atom is 0.257 e. The van der Waals surface area contributed by atoms with E-state index < -0.39 is 4.75 Å². The summed E-state index contributed by atoms with van der Waals surface area (Å²) in [5.74, 6) is -0.531. The molecule has 2 aromatic carbocycles. The Kier molecular flexibility index (Phi) is 4.42. The summed E-state index contributed by atoms with van der Waals surface area (Å²) in [6, 6.07) is 13.5. The third-order valence-electron chi connectivity index (χ3n) is 4.73. The average Bonchev–Trinajstić information content (AvgIpc) is 3.08. The van der Waals surface area contributed by atoms with E-state index in [1.54, 1.807) is 36.4 Å². The zero-order chi connectivity index (χ0) is 18.1. The van der Waals surface area contributed by atoms with Gasteiger partial charge in [-0.2, -0.15) is 0 Å². The highest BCUT2D eigenvalue weighted by molar-refractivity contribution is 8.14. The van der Waals surface area contributed by atoms with E-state index in [9.17, 15) is 9.18 Å². The molecule has 26 heavy (non-hydrogen) atoms. The van der Waals surface area contributed by atoms with Crippen molar-refractivity contribution in [1.29, 1.82) is 0 Å². The van der Waals surface area contributed by atoms with Gasteiger partial charge in [-0.25, -0.2) is 4.39 Å². The first-order valence-corrected chi connectivity index (χ1v) is 9.13. The Labute approximate surface area is 154 Å². The van der Waals surface area contributed by atoms with Gasteiger partial charge in [0.05, 0.1) is 18.0 Å². The molecule has 1 fully saturated rings. The van der Waals surface area contributed by atoms with E-state index in [-0.39, 0.29) is 17.6 Å². The first-order valence-electron chi connectivity index (χ1n) is 8.31. The van der Waals surface area contributed by atoms with Crippen LogP contribution in [0.5, 0.6) is 0 Å². The molecule has 7 heteroatoms. The molecule has 134 valence electrons. The lowest BCUT2D eigenvalue weighted by Crippen LogP contribution is -2.42. The topological polar surface area (TPSA) is 76.7 Å². The van der Waals surface area contributed by atoms with Crippen molar-refractivity contribution in [2.45, 2.75) is 4.75 Å². The van der Waals surface area contributed by atoms with Gasteiger partial charge in [0.25, 0.3) is 5.91 Å². The Bertz CT molecular complexity index is 874. The monoisotopic (exact) mass is 371 g/mol. The molecule has 0 radical (unpaired) electrons. The molecular weight excluding hydrogens is 353 g/mol. The zero-order valence-electron chi connectivity index (χ0n) is 13.9. The van der Waals surface area contributed by atoms with Gasteiger partial charge in [-0.15, -0.1) is 0 Å². The number of nitrogens with two attached hydrogens (primary N) is 1. The van der Waals surface area contributed by atoms with Crippen molar-refractivity contribution in [1.82, 2.24) is 5.32 Å². The number of aliphatic imine (C=N–C) groups is 1. The van der Waals surface area contributed by atoms with Crippen molar-refractivity contribution in [3.8, 4) is 0 Å². The van der Waals surface area contributed by atoms with E-state index in [1.165, 1.54) is 17.8 Å². The van der Waals surface area contributed by atoms with Crippen LogP contribution in [0, 0.1) is 11.7 Å². The Balaban J connectivity index is 1.63. The molecule has 3 N–H and O–H groups in total. The molecular formula is C19H18FN3O2S. The lowest BCUT2D eigenvalue weighted by Gasteiger charge is -2.36. The van der Waals surface area contributed by atoms with Crippen molar-refractivity contribution in [3.63, 3.8) is 0 Å². The molecule has 1 saturated heterocycles. The van der Waals surface area contributed by atoms with Gasteiger partial charge in [-0.3, -0.25) is 9.79 Å². The maximum absolute atomic E-state index is 14.6. The number of fused-ring (bicyclic) bond motifs is 1.